The van der Waals surface area contributed by atoms with Gasteiger partial charge in [0.1, 0.15) is 0 Å². The van der Waals surface area contributed by atoms with E-state index in [9.17, 15) is 19.5 Å². The largest absolute Gasteiger partial charge is 0.432 e. The first-order chi connectivity index (χ1) is 19.6. The van der Waals surface area contributed by atoms with Crippen LogP contribution in [0.5, 0.6) is 0 Å². The molecular weight excluding hydrogens is 600 g/mol. The van der Waals surface area contributed by atoms with Gasteiger partial charge in [0.2, 0.25) is 5.91 Å². The fourth-order valence-electron chi connectivity index (χ4n) is 6.69. The monoisotopic (exact) mass is 636 g/mol. The second kappa shape index (κ2) is 11.8. The first-order valence-electron chi connectivity index (χ1n) is 14.0. The van der Waals surface area contributed by atoms with E-state index in [1.165, 1.54) is 0 Å². The number of aliphatic hydroxyl groups excluding tert-OH is 1. The number of carbonyl (C=O) groups excluding carboxylic acids is 2. The number of halogens is 1. The predicted molar refractivity (Wildman–Crippen MR) is 165 cm³/mol. The first-order valence-corrected chi connectivity index (χ1v) is 17.9. The molecule has 2 heterocycles. The quantitative estimate of drug-likeness (QED) is 0.315. The highest BCUT2D eigenvalue weighted by atomic mass is 79.9. The molecule has 0 unspecified atom stereocenters. The second-order valence-corrected chi connectivity index (χ2v) is 16.5. The summed E-state index contributed by atoms with van der Waals surface area (Å²) in [6.07, 6.45) is -0.649. The van der Waals surface area contributed by atoms with E-state index in [2.05, 4.69) is 15.9 Å². The summed E-state index contributed by atoms with van der Waals surface area (Å²) in [5.74, 6) is -0.716. The summed E-state index contributed by atoms with van der Waals surface area (Å²) >= 11 is 3.59. The maximum Gasteiger partial charge on any atom is 0.264 e. The molecule has 5 rings (SSSR count). The zero-order valence-corrected chi connectivity index (χ0v) is 26.3. The Kier molecular flexibility index (Phi) is 8.55. The molecule has 0 aromatic heterocycles. The van der Waals surface area contributed by atoms with Crippen LogP contribution < -0.4 is 4.90 Å². The van der Waals surface area contributed by atoms with E-state index in [0.717, 1.165) is 26.9 Å². The highest BCUT2D eigenvalue weighted by Crippen LogP contribution is 2.60. The van der Waals surface area contributed by atoms with Gasteiger partial charge in [-0.25, -0.2) is 0 Å². The van der Waals surface area contributed by atoms with Gasteiger partial charge in [-0.05, 0) is 42.4 Å². The van der Waals surface area contributed by atoms with Crippen LogP contribution in [0.4, 0.5) is 5.69 Å². The zero-order chi connectivity index (χ0) is 29.4. The summed E-state index contributed by atoms with van der Waals surface area (Å²) in [7, 11) is -2.93. The number of amides is 2. The van der Waals surface area contributed by atoms with Gasteiger partial charge in [0.15, 0.2) is 13.9 Å². The number of nitrogens with zero attached hydrogens (tertiary/aromatic N) is 2. The zero-order valence-electron chi connectivity index (χ0n) is 23.7. The molecule has 2 N–H and O–H groups in total. The molecule has 216 valence electrons. The predicted octanol–water partition coefficient (Wildman–Crippen LogP) is 5.20. The third kappa shape index (κ3) is 5.66. The lowest BCUT2D eigenvalue weighted by molar-refractivity contribution is -0.150. The Morgan fingerprint density at radius 3 is 2.29 bits per heavy atom. The van der Waals surface area contributed by atoms with Crippen LogP contribution in [0.25, 0.3) is 0 Å². The fourth-order valence-corrected chi connectivity index (χ4v) is 9.61. The van der Waals surface area contributed by atoms with Crippen LogP contribution in [-0.4, -0.2) is 54.2 Å². The maximum atomic E-state index is 14.5. The SMILES string of the molecule is C[C@H]1[C@H]([Si](C)(C)O)[C@@H](CC(=O)N(CCO)Cc2ccccc2)O[C@]12C(=O)N(Cc1ccccc1)c1ccc(Br)cc12. The van der Waals surface area contributed by atoms with E-state index in [4.69, 9.17) is 4.74 Å². The number of fused-ring (bicyclic) bond motifs is 2. The summed E-state index contributed by atoms with van der Waals surface area (Å²) in [6, 6.07) is 25.3. The van der Waals surface area contributed by atoms with Gasteiger partial charge < -0.3 is 24.4 Å². The van der Waals surface area contributed by atoms with E-state index in [-0.39, 0.29) is 42.8 Å². The molecule has 1 saturated heterocycles. The lowest BCUT2D eigenvalue weighted by Crippen LogP contribution is -2.46. The highest BCUT2D eigenvalue weighted by Gasteiger charge is 2.66. The summed E-state index contributed by atoms with van der Waals surface area (Å²) < 4.78 is 7.65. The van der Waals surface area contributed by atoms with Crippen molar-refractivity contribution in [2.75, 3.05) is 18.1 Å². The van der Waals surface area contributed by atoms with E-state index in [1.807, 2.05) is 98.9 Å². The number of benzene rings is 3. The number of hydrogen-bond acceptors (Lipinski definition) is 5. The molecule has 7 nitrogen and oxygen atoms in total. The van der Waals surface area contributed by atoms with Gasteiger partial charge in [-0.2, -0.15) is 0 Å². The van der Waals surface area contributed by atoms with Crippen LogP contribution in [0.3, 0.4) is 0 Å². The van der Waals surface area contributed by atoms with Crippen molar-refractivity contribution >= 4 is 41.7 Å². The van der Waals surface area contributed by atoms with Crippen molar-refractivity contribution in [1.29, 1.82) is 0 Å². The Balaban J connectivity index is 1.50. The van der Waals surface area contributed by atoms with Gasteiger partial charge in [0, 0.05) is 34.6 Å². The molecule has 3 aromatic carbocycles. The summed E-state index contributed by atoms with van der Waals surface area (Å²) in [5.41, 5.74) is 1.81. The first kappa shape index (κ1) is 29.7. The third-order valence-electron chi connectivity index (χ3n) is 8.44. The molecule has 41 heavy (non-hydrogen) atoms. The van der Waals surface area contributed by atoms with Crippen molar-refractivity contribution in [2.45, 2.75) is 56.8 Å². The maximum absolute atomic E-state index is 14.5. The van der Waals surface area contributed by atoms with E-state index < -0.39 is 20.0 Å². The van der Waals surface area contributed by atoms with Gasteiger partial charge in [-0.3, -0.25) is 9.59 Å². The van der Waals surface area contributed by atoms with Gasteiger partial charge in [0.25, 0.3) is 5.91 Å². The average molecular weight is 638 g/mol. The molecule has 2 aliphatic heterocycles. The van der Waals surface area contributed by atoms with Gasteiger partial charge in [-0.1, -0.05) is 83.5 Å². The van der Waals surface area contributed by atoms with Crippen molar-refractivity contribution in [3.63, 3.8) is 0 Å². The summed E-state index contributed by atoms with van der Waals surface area (Å²) in [4.78, 5) is 43.2. The molecule has 1 fully saturated rings. The van der Waals surface area contributed by atoms with Crippen molar-refractivity contribution in [3.8, 4) is 0 Å². The lowest BCUT2D eigenvalue weighted by atomic mass is 9.82. The minimum atomic E-state index is -2.93. The Labute approximate surface area is 251 Å². The van der Waals surface area contributed by atoms with Crippen LogP contribution in [0.2, 0.25) is 18.6 Å². The lowest BCUT2D eigenvalue weighted by Gasteiger charge is -2.32. The average Bonchev–Trinajstić information content (AvgIpc) is 3.36. The second-order valence-electron chi connectivity index (χ2n) is 11.6. The minimum absolute atomic E-state index is 0.00980. The van der Waals surface area contributed by atoms with Crippen LogP contribution in [0.1, 0.15) is 30.0 Å². The van der Waals surface area contributed by atoms with Crippen molar-refractivity contribution in [2.24, 2.45) is 5.92 Å². The molecule has 2 amide bonds. The molecular formula is C32H37BrN2O5Si. The van der Waals surface area contributed by atoms with Crippen LogP contribution in [0, 0.1) is 5.92 Å². The van der Waals surface area contributed by atoms with Crippen LogP contribution >= 0.6 is 15.9 Å². The van der Waals surface area contributed by atoms with Crippen molar-refractivity contribution in [1.82, 2.24) is 4.90 Å². The number of hydrogen-bond donors (Lipinski definition) is 2. The molecule has 9 heteroatoms. The molecule has 0 saturated carbocycles. The number of carbonyl (C=O) groups is 2. The Bertz CT molecular complexity index is 1400. The number of aliphatic hydroxyl groups is 1. The Morgan fingerprint density at radius 2 is 1.68 bits per heavy atom. The Hall–Kier alpha value is -2.82. The molecule has 4 atom stereocenters. The normalized spacial score (nSPS) is 23.7. The van der Waals surface area contributed by atoms with E-state index >= 15 is 0 Å². The third-order valence-corrected chi connectivity index (χ3v) is 11.4. The smallest absolute Gasteiger partial charge is 0.264 e. The summed E-state index contributed by atoms with van der Waals surface area (Å²) in [5, 5.41) is 9.72. The standard InChI is InChI=1S/C32H37BrN2O5Si/c1-22-30(41(2,3)39)28(19-29(37)34(16-17-36)20-23-10-6-4-7-11-23)40-32(22)26-18-25(33)14-15-27(26)35(31(32)38)21-24-12-8-5-9-13-24/h4-15,18,22,28,30,36,39H,16-17,19-21H2,1-3H3/t22-,28+,30-,32+/m0/s1. The molecule has 1 spiro atoms. The minimum Gasteiger partial charge on any atom is -0.432 e. The Morgan fingerprint density at radius 1 is 1.05 bits per heavy atom. The molecule has 2 aliphatic rings. The molecule has 3 aromatic rings. The van der Waals surface area contributed by atoms with Gasteiger partial charge in [-0.15, -0.1) is 0 Å². The van der Waals surface area contributed by atoms with E-state index in [0.29, 0.717) is 13.1 Å². The molecule has 0 bridgehead atoms. The highest BCUT2D eigenvalue weighted by molar-refractivity contribution is 9.10. The van der Waals surface area contributed by atoms with Crippen LogP contribution in [-0.2, 0) is 33.0 Å². The molecule has 0 aliphatic carbocycles. The van der Waals surface area contributed by atoms with Crippen molar-refractivity contribution < 1.29 is 24.2 Å². The van der Waals surface area contributed by atoms with Gasteiger partial charge >= 0.3 is 0 Å². The van der Waals surface area contributed by atoms with E-state index in [1.54, 1.807) is 9.80 Å². The number of anilines is 1. The fraction of sp³-hybridized carbons (Fsp3) is 0.375. The number of ether oxygens (including phenoxy) is 1. The van der Waals surface area contributed by atoms with Crippen LogP contribution in [0.15, 0.2) is 83.3 Å². The number of rotatable bonds is 9. The summed E-state index contributed by atoms with van der Waals surface area (Å²) in [6.45, 7) is 6.45. The topological polar surface area (TPSA) is 90.3 Å². The van der Waals surface area contributed by atoms with Gasteiger partial charge in [0.05, 0.1) is 31.4 Å². The van der Waals surface area contributed by atoms with Crippen molar-refractivity contribution in [3.05, 3.63) is 100 Å². The molecule has 0 radical (unpaired) electrons.